The Balaban J connectivity index is 1.62. The molecule has 1 heterocycles. The van der Waals surface area contributed by atoms with Crippen molar-refractivity contribution in [1.29, 1.82) is 0 Å². The SMILES string of the molecule is CCCC(c1ccc(C=NCCC(=O)OCC)cc1)C(c1ccc(OC(F)(F)F)cc1)C1NCc2ccccc21. The number of ether oxygens (including phenoxy) is 2. The van der Waals surface area contributed by atoms with Crippen molar-refractivity contribution < 1.29 is 27.4 Å². The smallest absolute Gasteiger partial charge is 0.466 e. The van der Waals surface area contributed by atoms with Gasteiger partial charge in [-0.25, -0.2) is 0 Å². The standard InChI is InChI=1S/C32H35F3N2O3/c1-3-7-27(23-12-10-22(11-13-23)20-36-19-18-29(38)39-4-2)30(31-28-9-6-5-8-25(28)21-37-31)24-14-16-26(17-15-24)40-32(33,34)35/h5-6,8-17,20,27,30-31,37H,3-4,7,18-19,21H2,1-2H3. The van der Waals surface area contributed by atoms with Crippen molar-refractivity contribution in [3.8, 4) is 5.75 Å². The Kier molecular flexibility index (Phi) is 9.98. The van der Waals surface area contributed by atoms with E-state index < -0.39 is 6.36 Å². The Bertz CT molecular complexity index is 1270. The molecule has 3 aromatic rings. The lowest BCUT2D eigenvalue weighted by atomic mass is 9.73. The van der Waals surface area contributed by atoms with Crippen molar-refractivity contribution >= 4 is 12.2 Å². The van der Waals surface area contributed by atoms with Crippen molar-refractivity contribution in [2.45, 2.75) is 63.9 Å². The maximum absolute atomic E-state index is 12.8. The van der Waals surface area contributed by atoms with Gasteiger partial charge < -0.3 is 14.8 Å². The van der Waals surface area contributed by atoms with Crippen LogP contribution in [0.4, 0.5) is 13.2 Å². The highest BCUT2D eigenvalue weighted by atomic mass is 19.4. The molecule has 0 radical (unpaired) electrons. The third-order valence-electron chi connectivity index (χ3n) is 7.15. The van der Waals surface area contributed by atoms with Crippen LogP contribution in [0.3, 0.4) is 0 Å². The highest BCUT2D eigenvalue weighted by Crippen LogP contribution is 2.47. The number of benzene rings is 3. The van der Waals surface area contributed by atoms with Gasteiger partial charge in [-0.1, -0.05) is 74.0 Å². The molecule has 1 aliphatic rings. The first-order chi connectivity index (χ1) is 19.3. The van der Waals surface area contributed by atoms with Crippen molar-refractivity contribution in [2.75, 3.05) is 13.2 Å². The van der Waals surface area contributed by atoms with Gasteiger partial charge in [0, 0.05) is 31.3 Å². The van der Waals surface area contributed by atoms with E-state index in [9.17, 15) is 18.0 Å². The molecule has 3 atom stereocenters. The fourth-order valence-corrected chi connectivity index (χ4v) is 5.45. The number of nitrogens with one attached hydrogen (secondary N) is 1. The summed E-state index contributed by atoms with van der Waals surface area (Å²) in [7, 11) is 0. The third-order valence-corrected chi connectivity index (χ3v) is 7.15. The normalized spacial score (nSPS) is 16.5. The Hall–Kier alpha value is -3.65. The molecule has 8 heteroatoms. The van der Waals surface area contributed by atoms with Gasteiger partial charge in [0.15, 0.2) is 0 Å². The first-order valence-electron chi connectivity index (χ1n) is 13.7. The molecule has 212 valence electrons. The summed E-state index contributed by atoms with van der Waals surface area (Å²) in [4.78, 5) is 15.9. The zero-order valence-corrected chi connectivity index (χ0v) is 22.8. The molecule has 3 unspecified atom stereocenters. The van der Waals surface area contributed by atoms with E-state index in [1.165, 1.54) is 23.3 Å². The lowest BCUT2D eigenvalue weighted by Crippen LogP contribution is -2.26. The molecule has 0 spiro atoms. The maximum Gasteiger partial charge on any atom is 0.573 e. The van der Waals surface area contributed by atoms with Crippen LogP contribution in [0.25, 0.3) is 0 Å². The first-order valence-corrected chi connectivity index (χ1v) is 13.7. The van der Waals surface area contributed by atoms with Gasteiger partial charge in [0.05, 0.1) is 13.0 Å². The van der Waals surface area contributed by atoms with Gasteiger partial charge >= 0.3 is 12.3 Å². The van der Waals surface area contributed by atoms with Crippen molar-refractivity contribution in [1.82, 2.24) is 5.32 Å². The second-order valence-corrected chi connectivity index (χ2v) is 9.85. The van der Waals surface area contributed by atoms with Gasteiger partial charge in [-0.05, 0) is 59.2 Å². The Morgan fingerprint density at radius 1 is 1.02 bits per heavy atom. The quantitative estimate of drug-likeness (QED) is 0.187. The predicted molar refractivity (Wildman–Crippen MR) is 150 cm³/mol. The number of carbonyl (C=O) groups is 1. The molecule has 1 aliphatic heterocycles. The van der Waals surface area contributed by atoms with E-state index in [0.29, 0.717) is 13.2 Å². The number of rotatable bonds is 12. The van der Waals surface area contributed by atoms with Gasteiger partial charge in [0.1, 0.15) is 5.75 Å². The van der Waals surface area contributed by atoms with E-state index >= 15 is 0 Å². The fourth-order valence-electron chi connectivity index (χ4n) is 5.45. The van der Waals surface area contributed by atoms with Crippen LogP contribution in [0, 0.1) is 0 Å². The molecule has 0 bridgehead atoms. The molecule has 0 saturated heterocycles. The van der Waals surface area contributed by atoms with Crippen LogP contribution in [0.15, 0.2) is 77.8 Å². The minimum absolute atomic E-state index is 0.00579. The average molecular weight is 553 g/mol. The molecular formula is C32H35F3N2O3. The van der Waals surface area contributed by atoms with Crippen LogP contribution in [0.2, 0.25) is 0 Å². The summed E-state index contributed by atoms with van der Waals surface area (Å²) in [5.41, 5.74) is 5.48. The minimum Gasteiger partial charge on any atom is -0.466 e. The largest absolute Gasteiger partial charge is 0.573 e. The second-order valence-electron chi connectivity index (χ2n) is 9.85. The lowest BCUT2D eigenvalue weighted by molar-refractivity contribution is -0.274. The predicted octanol–water partition coefficient (Wildman–Crippen LogP) is 7.47. The maximum atomic E-state index is 12.8. The number of aliphatic imine (C=N–C) groups is 1. The summed E-state index contributed by atoms with van der Waals surface area (Å²) < 4.78 is 47.5. The van der Waals surface area contributed by atoms with Gasteiger partial charge in [-0.3, -0.25) is 9.79 Å². The van der Waals surface area contributed by atoms with Crippen molar-refractivity contribution in [3.05, 3.63) is 101 Å². The number of carbonyl (C=O) groups excluding carboxylic acids is 1. The minimum atomic E-state index is -4.73. The number of nitrogens with zero attached hydrogens (tertiary/aromatic N) is 1. The average Bonchev–Trinajstić information content (AvgIpc) is 3.35. The number of esters is 1. The van der Waals surface area contributed by atoms with E-state index in [0.717, 1.165) is 36.1 Å². The zero-order chi connectivity index (χ0) is 28.5. The number of alkyl halides is 3. The zero-order valence-electron chi connectivity index (χ0n) is 22.8. The summed E-state index contributed by atoms with van der Waals surface area (Å²) in [5.74, 6) is -0.401. The third kappa shape index (κ3) is 7.72. The molecule has 0 amide bonds. The topological polar surface area (TPSA) is 59.9 Å². The molecular weight excluding hydrogens is 517 g/mol. The number of hydrogen-bond donors (Lipinski definition) is 1. The summed E-state index contributed by atoms with van der Waals surface area (Å²) in [6.45, 7) is 5.38. The Morgan fingerprint density at radius 2 is 1.73 bits per heavy atom. The summed E-state index contributed by atoms with van der Waals surface area (Å²) in [6.07, 6.45) is -0.892. The van der Waals surface area contributed by atoms with Gasteiger partial charge in [-0.2, -0.15) is 0 Å². The van der Waals surface area contributed by atoms with E-state index in [1.807, 2.05) is 24.3 Å². The molecule has 1 N–H and O–H groups in total. The van der Waals surface area contributed by atoms with Crippen LogP contribution in [0.1, 0.15) is 78.8 Å². The van der Waals surface area contributed by atoms with Crippen LogP contribution in [-0.4, -0.2) is 31.7 Å². The lowest BCUT2D eigenvalue weighted by Gasteiger charge is -2.34. The van der Waals surface area contributed by atoms with Crippen LogP contribution >= 0.6 is 0 Å². The highest BCUT2D eigenvalue weighted by Gasteiger charge is 2.36. The van der Waals surface area contributed by atoms with Gasteiger partial charge in [0.2, 0.25) is 0 Å². The number of fused-ring (bicyclic) bond motifs is 1. The number of hydrogen-bond acceptors (Lipinski definition) is 5. The summed E-state index contributed by atoms with van der Waals surface area (Å²) in [6, 6.07) is 22.8. The molecule has 0 aliphatic carbocycles. The molecule has 40 heavy (non-hydrogen) atoms. The van der Waals surface area contributed by atoms with E-state index in [4.69, 9.17) is 4.74 Å². The fraction of sp³-hybridized carbons (Fsp3) is 0.375. The van der Waals surface area contributed by atoms with Crippen molar-refractivity contribution in [2.24, 2.45) is 4.99 Å². The molecule has 0 saturated carbocycles. The molecule has 4 rings (SSSR count). The summed E-state index contributed by atoms with van der Waals surface area (Å²) in [5, 5.41) is 3.68. The van der Waals surface area contributed by atoms with Gasteiger partial charge in [0.25, 0.3) is 0 Å². The highest BCUT2D eigenvalue weighted by molar-refractivity contribution is 5.80. The van der Waals surface area contributed by atoms with E-state index in [2.05, 4.69) is 46.2 Å². The molecule has 0 fully saturated rings. The van der Waals surface area contributed by atoms with Crippen LogP contribution < -0.4 is 10.1 Å². The molecule has 5 nitrogen and oxygen atoms in total. The number of halogens is 3. The Morgan fingerprint density at radius 3 is 2.40 bits per heavy atom. The second kappa shape index (κ2) is 13.6. The molecule has 3 aromatic carbocycles. The van der Waals surface area contributed by atoms with Gasteiger partial charge in [-0.15, -0.1) is 13.2 Å². The van der Waals surface area contributed by atoms with E-state index in [-0.39, 0.29) is 36.0 Å². The van der Waals surface area contributed by atoms with Crippen molar-refractivity contribution in [3.63, 3.8) is 0 Å². The Labute approximate surface area is 233 Å². The van der Waals surface area contributed by atoms with Crippen LogP contribution in [0.5, 0.6) is 5.75 Å². The first kappa shape index (κ1) is 29.3. The molecule has 0 aromatic heterocycles. The summed E-state index contributed by atoms with van der Waals surface area (Å²) >= 11 is 0. The monoisotopic (exact) mass is 552 g/mol. The van der Waals surface area contributed by atoms with Crippen LogP contribution in [-0.2, 0) is 16.1 Å². The van der Waals surface area contributed by atoms with E-state index in [1.54, 1.807) is 25.3 Å².